The second-order valence-electron chi connectivity index (χ2n) is 8.43. The van der Waals surface area contributed by atoms with E-state index in [0.29, 0.717) is 19.5 Å². The highest BCUT2D eigenvalue weighted by Gasteiger charge is 2.37. The van der Waals surface area contributed by atoms with Crippen LogP contribution < -0.4 is 9.37 Å². The number of hydrogen-bond acceptors (Lipinski definition) is 8. The number of nitrogens with zero attached hydrogens (tertiary/aromatic N) is 4. The summed E-state index contributed by atoms with van der Waals surface area (Å²) in [5.74, 6) is -4.91. The Hall–Kier alpha value is -3.23. The molecule has 0 unspecified atom stereocenters. The van der Waals surface area contributed by atoms with Gasteiger partial charge in [0.1, 0.15) is 5.82 Å². The number of anilines is 2. The van der Waals surface area contributed by atoms with Gasteiger partial charge in [-0.3, -0.25) is 9.69 Å². The van der Waals surface area contributed by atoms with E-state index in [0.717, 1.165) is 23.5 Å². The normalized spacial score (nSPS) is 16.1. The molecule has 2 aromatic carbocycles. The van der Waals surface area contributed by atoms with Gasteiger partial charge in [-0.2, -0.15) is 8.42 Å². The maximum atomic E-state index is 15.4. The van der Waals surface area contributed by atoms with Crippen LogP contribution in [0.25, 0.3) is 0 Å². The Morgan fingerprint density at radius 2 is 1.97 bits per heavy atom. The van der Waals surface area contributed by atoms with Crippen LogP contribution in [0.5, 0.6) is 0 Å². The first-order valence-corrected chi connectivity index (χ1v) is 13.3. The minimum atomic E-state index is -5.00. The van der Waals surface area contributed by atoms with Gasteiger partial charge < -0.3 is 9.74 Å². The standard InChI is InChI=1S/C23H22F4N4O4S2/c1-14-19(29(2)16-6-7-30(10-16)9-15-4-3-5-17(24)22(15)27)8-18(25)23(21(14)26)37(33,34)31(35-13-32)20-11-36-12-28-20/h3-5,8,11-13,16H,6-7,9-10H2,1-2H3/t16-/m0/s1. The van der Waals surface area contributed by atoms with Gasteiger partial charge in [0.25, 0.3) is 0 Å². The molecule has 1 saturated heterocycles. The fourth-order valence-electron chi connectivity index (χ4n) is 4.32. The molecule has 1 aliphatic heterocycles. The Labute approximate surface area is 214 Å². The third kappa shape index (κ3) is 5.13. The van der Waals surface area contributed by atoms with Gasteiger partial charge in [0.2, 0.25) is 0 Å². The molecule has 0 aliphatic carbocycles. The number of thiazole rings is 1. The van der Waals surface area contributed by atoms with E-state index in [-0.39, 0.29) is 46.2 Å². The molecule has 1 atom stereocenters. The number of carbonyl (C=O) groups is 1. The predicted octanol–water partition coefficient (Wildman–Crippen LogP) is 4.00. The van der Waals surface area contributed by atoms with E-state index in [2.05, 4.69) is 9.82 Å². The van der Waals surface area contributed by atoms with Crippen molar-refractivity contribution in [1.29, 1.82) is 0 Å². The highest BCUT2D eigenvalue weighted by atomic mass is 32.2. The van der Waals surface area contributed by atoms with Crippen molar-refractivity contribution in [3.8, 4) is 0 Å². The summed E-state index contributed by atoms with van der Waals surface area (Å²) in [6.45, 7) is 2.22. The van der Waals surface area contributed by atoms with Crippen LogP contribution in [-0.4, -0.2) is 51.0 Å². The molecule has 4 rings (SSSR count). The lowest BCUT2D eigenvalue weighted by Gasteiger charge is -2.29. The van der Waals surface area contributed by atoms with Crippen molar-refractivity contribution in [2.24, 2.45) is 0 Å². The summed E-state index contributed by atoms with van der Waals surface area (Å²) >= 11 is 0.988. The van der Waals surface area contributed by atoms with Crippen LogP contribution in [0.15, 0.2) is 40.1 Å². The molecule has 3 aromatic rings. The first-order chi connectivity index (χ1) is 17.6. The molecule has 14 heteroatoms. The van der Waals surface area contributed by atoms with Crippen LogP contribution >= 0.6 is 11.3 Å². The number of aromatic nitrogens is 1. The molecule has 1 aliphatic rings. The summed E-state index contributed by atoms with van der Waals surface area (Å²) in [6.07, 6.45) is 0.570. The molecule has 0 saturated carbocycles. The minimum Gasteiger partial charge on any atom is -0.370 e. The number of hydrogen-bond donors (Lipinski definition) is 0. The van der Waals surface area contributed by atoms with Crippen molar-refractivity contribution < 1.29 is 35.6 Å². The third-order valence-corrected chi connectivity index (χ3v) is 8.39. The maximum absolute atomic E-state index is 15.4. The lowest BCUT2D eigenvalue weighted by Crippen LogP contribution is -2.36. The molecule has 1 aromatic heterocycles. The van der Waals surface area contributed by atoms with E-state index < -0.39 is 38.2 Å². The quantitative estimate of drug-likeness (QED) is 0.223. The van der Waals surface area contributed by atoms with Gasteiger partial charge in [-0.15, -0.1) is 11.3 Å². The number of likely N-dealkylation sites (N-methyl/N-ethyl adjacent to an activating group) is 1. The van der Waals surface area contributed by atoms with E-state index >= 15 is 8.78 Å². The van der Waals surface area contributed by atoms with E-state index in [4.69, 9.17) is 0 Å². The van der Waals surface area contributed by atoms with Gasteiger partial charge in [0.15, 0.2) is 28.2 Å². The number of benzene rings is 2. The Balaban J connectivity index is 1.59. The second kappa shape index (κ2) is 10.6. The molecule has 1 fully saturated rings. The van der Waals surface area contributed by atoms with Gasteiger partial charge in [-0.1, -0.05) is 16.6 Å². The van der Waals surface area contributed by atoms with Crippen molar-refractivity contribution in [2.75, 3.05) is 29.5 Å². The smallest absolute Gasteiger partial charge is 0.322 e. The van der Waals surface area contributed by atoms with E-state index in [1.165, 1.54) is 29.9 Å². The monoisotopic (exact) mass is 558 g/mol. The average Bonchev–Trinajstić information content (AvgIpc) is 3.55. The fourth-order valence-corrected chi connectivity index (χ4v) is 6.24. The van der Waals surface area contributed by atoms with Gasteiger partial charge in [0.05, 0.1) is 5.51 Å². The maximum Gasteiger partial charge on any atom is 0.322 e. The van der Waals surface area contributed by atoms with E-state index in [9.17, 15) is 22.0 Å². The zero-order valence-corrected chi connectivity index (χ0v) is 21.3. The van der Waals surface area contributed by atoms with Gasteiger partial charge in [-0.25, -0.2) is 22.5 Å². The Bertz CT molecular complexity index is 1410. The topological polar surface area (TPSA) is 83.0 Å². The first kappa shape index (κ1) is 26.8. The Morgan fingerprint density at radius 3 is 2.65 bits per heavy atom. The van der Waals surface area contributed by atoms with Crippen LogP contribution in [0, 0.1) is 30.2 Å². The molecule has 37 heavy (non-hydrogen) atoms. The van der Waals surface area contributed by atoms with Crippen molar-refractivity contribution in [3.63, 3.8) is 0 Å². The van der Waals surface area contributed by atoms with Crippen LogP contribution in [0.4, 0.5) is 29.1 Å². The summed E-state index contributed by atoms with van der Waals surface area (Å²) < 4.78 is 84.4. The van der Waals surface area contributed by atoms with Gasteiger partial charge in [-0.05, 0) is 25.5 Å². The molecule has 0 spiro atoms. The van der Waals surface area contributed by atoms with E-state index in [1.54, 1.807) is 11.9 Å². The second-order valence-corrected chi connectivity index (χ2v) is 10.8. The van der Waals surface area contributed by atoms with E-state index in [1.807, 2.05) is 4.90 Å². The number of rotatable bonds is 9. The van der Waals surface area contributed by atoms with Crippen LogP contribution in [0.2, 0.25) is 0 Å². The number of likely N-dealkylation sites (tertiary alicyclic amines) is 1. The average molecular weight is 559 g/mol. The highest BCUT2D eigenvalue weighted by molar-refractivity contribution is 7.92. The lowest BCUT2D eigenvalue weighted by molar-refractivity contribution is -0.128. The number of carbonyl (C=O) groups excluding carboxylic acids is 1. The molecular formula is C23H22F4N4O4S2. The zero-order chi connectivity index (χ0) is 26.9. The molecule has 0 bridgehead atoms. The Morgan fingerprint density at radius 1 is 1.22 bits per heavy atom. The third-order valence-electron chi connectivity index (χ3n) is 6.22. The van der Waals surface area contributed by atoms with Crippen molar-refractivity contribution in [3.05, 3.63) is 69.6 Å². The summed E-state index contributed by atoms with van der Waals surface area (Å²) in [5, 5.41) is 1.23. The van der Waals surface area contributed by atoms with Crippen molar-refractivity contribution in [2.45, 2.75) is 30.8 Å². The molecule has 8 nitrogen and oxygen atoms in total. The first-order valence-electron chi connectivity index (χ1n) is 11.0. The molecule has 0 amide bonds. The van der Waals surface area contributed by atoms with Crippen LogP contribution in [0.1, 0.15) is 17.5 Å². The van der Waals surface area contributed by atoms with Gasteiger partial charge >= 0.3 is 16.5 Å². The molecular weight excluding hydrogens is 536 g/mol. The summed E-state index contributed by atoms with van der Waals surface area (Å²) in [7, 11) is -3.39. The summed E-state index contributed by atoms with van der Waals surface area (Å²) in [6, 6.07) is 4.62. The van der Waals surface area contributed by atoms with Crippen LogP contribution in [-0.2, 0) is 26.2 Å². The molecule has 2 heterocycles. The predicted molar refractivity (Wildman–Crippen MR) is 128 cm³/mol. The molecule has 0 radical (unpaired) electrons. The largest absolute Gasteiger partial charge is 0.370 e. The summed E-state index contributed by atoms with van der Waals surface area (Å²) in [4.78, 5) is 21.4. The number of halogens is 4. The SMILES string of the molecule is Cc1c(N(C)[C@H]2CCN(Cc3cccc(F)c3F)C2)cc(F)c(S(=O)(=O)N(OC=O)c2cscn2)c1F. The Kier molecular flexibility index (Phi) is 7.71. The fraction of sp³-hybridized carbons (Fsp3) is 0.304. The van der Waals surface area contributed by atoms with Gasteiger partial charge in [0, 0.05) is 54.9 Å². The molecule has 0 N–H and O–H groups in total. The van der Waals surface area contributed by atoms with Crippen molar-refractivity contribution in [1.82, 2.24) is 9.88 Å². The highest BCUT2D eigenvalue weighted by Crippen LogP contribution is 2.35. The summed E-state index contributed by atoms with van der Waals surface area (Å²) in [5.41, 5.74) is 1.44. The van der Waals surface area contributed by atoms with Crippen molar-refractivity contribution >= 4 is 39.3 Å². The van der Waals surface area contributed by atoms with Crippen LogP contribution in [0.3, 0.4) is 0 Å². The lowest BCUT2D eigenvalue weighted by atomic mass is 10.1. The zero-order valence-electron chi connectivity index (χ0n) is 19.7. The molecule has 198 valence electrons. The number of sulfonamides is 1. The minimum absolute atomic E-state index is 0.0568.